The Morgan fingerprint density at radius 2 is 1.75 bits per heavy atom. The van der Waals surface area contributed by atoms with Gasteiger partial charge in [-0.2, -0.15) is 0 Å². The molecular formula is C24H24BrClN2O4. The van der Waals surface area contributed by atoms with E-state index in [4.69, 9.17) is 16.3 Å². The van der Waals surface area contributed by atoms with Gasteiger partial charge in [0.25, 0.3) is 5.91 Å². The molecule has 0 saturated carbocycles. The highest BCUT2D eigenvalue weighted by atomic mass is 79.9. The van der Waals surface area contributed by atoms with Gasteiger partial charge in [-0.1, -0.05) is 57.6 Å². The van der Waals surface area contributed by atoms with Gasteiger partial charge in [-0.15, -0.1) is 0 Å². The number of ether oxygens (including phenoxy) is 1. The molecule has 4 rings (SSSR count). The first kappa shape index (κ1) is 23.0. The lowest BCUT2D eigenvalue weighted by Crippen LogP contribution is -3.14. The highest BCUT2D eigenvalue weighted by molar-refractivity contribution is 9.10. The van der Waals surface area contributed by atoms with Crippen molar-refractivity contribution in [2.24, 2.45) is 0 Å². The number of nitrogens with zero attached hydrogens (tertiary/aromatic N) is 1. The van der Waals surface area contributed by atoms with Crippen molar-refractivity contribution < 1.29 is 24.3 Å². The second-order valence-corrected chi connectivity index (χ2v) is 9.35. The van der Waals surface area contributed by atoms with Crippen LogP contribution in [0.3, 0.4) is 0 Å². The van der Waals surface area contributed by atoms with Crippen LogP contribution in [-0.2, 0) is 14.3 Å². The van der Waals surface area contributed by atoms with Crippen LogP contribution in [0.15, 0.2) is 58.6 Å². The van der Waals surface area contributed by atoms with Crippen molar-refractivity contribution in [1.82, 2.24) is 4.90 Å². The minimum Gasteiger partial charge on any atom is -0.872 e. The molecule has 168 valence electrons. The first-order valence-electron chi connectivity index (χ1n) is 10.6. The number of carbonyl (C=O) groups excluding carboxylic acids is 2. The lowest BCUT2D eigenvalue weighted by molar-refractivity contribution is -0.908. The van der Waals surface area contributed by atoms with Crippen LogP contribution in [0.1, 0.15) is 23.6 Å². The molecule has 1 N–H and O–H groups in total. The van der Waals surface area contributed by atoms with E-state index in [1.165, 1.54) is 9.80 Å². The van der Waals surface area contributed by atoms with Crippen LogP contribution in [0, 0.1) is 0 Å². The fraction of sp³-hybridized carbons (Fsp3) is 0.333. The quantitative estimate of drug-likeness (QED) is 0.358. The molecular weight excluding hydrogens is 496 g/mol. The van der Waals surface area contributed by atoms with Gasteiger partial charge in [-0.25, -0.2) is 0 Å². The molecule has 2 heterocycles. The minimum atomic E-state index is -0.725. The summed E-state index contributed by atoms with van der Waals surface area (Å²) < 4.78 is 6.23. The van der Waals surface area contributed by atoms with E-state index in [0.29, 0.717) is 22.7 Å². The largest absolute Gasteiger partial charge is 0.872 e. The number of ketones is 1. The number of hydrogen-bond acceptors (Lipinski definition) is 4. The maximum absolute atomic E-state index is 13.3. The summed E-state index contributed by atoms with van der Waals surface area (Å²) in [5.74, 6) is -1.77. The monoisotopic (exact) mass is 518 g/mol. The summed E-state index contributed by atoms with van der Waals surface area (Å²) >= 11 is 9.41. The Hall–Kier alpha value is -2.19. The van der Waals surface area contributed by atoms with E-state index in [-0.39, 0.29) is 5.57 Å². The summed E-state index contributed by atoms with van der Waals surface area (Å²) in [4.78, 5) is 29.0. The molecule has 32 heavy (non-hydrogen) atoms. The average Bonchev–Trinajstić information content (AvgIpc) is 3.05. The van der Waals surface area contributed by atoms with Gasteiger partial charge in [0.1, 0.15) is 13.1 Å². The fourth-order valence-electron chi connectivity index (χ4n) is 4.26. The Labute approximate surface area is 200 Å². The van der Waals surface area contributed by atoms with Crippen molar-refractivity contribution in [2.75, 3.05) is 39.4 Å². The highest BCUT2D eigenvalue weighted by Gasteiger charge is 2.44. The number of likely N-dealkylation sites (tertiary alicyclic amines) is 1. The Balaban J connectivity index is 1.66. The zero-order valence-corrected chi connectivity index (χ0v) is 19.8. The normalized spacial score (nSPS) is 21.3. The van der Waals surface area contributed by atoms with Gasteiger partial charge in [0.05, 0.1) is 25.8 Å². The molecule has 0 bridgehead atoms. The smallest absolute Gasteiger partial charge is 0.295 e. The van der Waals surface area contributed by atoms with E-state index in [2.05, 4.69) is 15.9 Å². The van der Waals surface area contributed by atoms with Gasteiger partial charge in [0, 0.05) is 28.0 Å². The van der Waals surface area contributed by atoms with Crippen LogP contribution in [0.2, 0.25) is 5.02 Å². The molecule has 8 heteroatoms. The predicted molar refractivity (Wildman–Crippen MR) is 123 cm³/mol. The summed E-state index contributed by atoms with van der Waals surface area (Å²) in [6.07, 6.45) is 0.734. The van der Waals surface area contributed by atoms with Gasteiger partial charge in [0.2, 0.25) is 5.78 Å². The van der Waals surface area contributed by atoms with Gasteiger partial charge in [-0.05, 0) is 35.4 Å². The van der Waals surface area contributed by atoms with Gasteiger partial charge in [0.15, 0.2) is 0 Å². The van der Waals surface area contributed by atoms with Crippen LogP contribution >= 0.6 is 27.5 Å². The van der Waals surface area contributed by atoms with Crippen LogP contribution < -0.4 is 10.0 Å². The van der Waals surface area contributed by atoms with Crippen LogP contribution in [0.25, 0.3) is 5.76 Å². The molecule has 2 aliphatic heterocycles. The maximum atomic E-state index is 13.3. The molecule has 0 aliphatic carbocycles. The molecule has 0 spiro atoms. The molecule has 0 aromatic heterocycles. The third-order valence-electron chi connectivity index (χ3n) is 5.95. The van der Waals surface area contributed by atoms with Crippen LogP contribution in [0.4, 0.5) is 0 Å². The summed E-state index contributed by atoms with van der Waals surface area (Å²) in [6, 6.07) is 13.0. The number of quaternary nitrogens is 1. The number of amides is 1. The van der Waals surface area contributed by atoms with E-state index in [0.717, 1.165) is 43.7 Å². The zero-order valence-electron chi connectivity index (χ0n) is 17.5. The Morgan fingerprint density at radius 3 is 2.41 bits per heavy atom. The molecule has 2 fully saturated rings. The number of rotatable bonds is 6. The van der Waals surface area contributed by atoms with E-state index < -0.39 is 23.5 Å². The zero-order chi connectivity index (χ0) is 22.7. The standard InChI is InChI=1S/C24H24BrClN2O4/c25-18-6-2-17(3-7-18)22(29)20-21(16-4-8-19(26)9-5-16)28(24(31)23(20)30)11-1-10-27-12-14-32-15-13-27/h2-9,21,29H,1,10-15H2. The van der Waals surface area contributed by atoms with Crippen LogP contribution in [0.5, 0.6) is 0 Å². The number of hydrogen-bond donors (Lipinski definition) is 1. The molecule has 2 saturated heterocycles. The number of carbonyl (C=O) groups is 2. The summed E-state index contributed by atoms with van der Waals surface area (Å²) in [7, 11) is 0. The Bertz CT molecular complexity index is 1020. The van der Waals surface area contributed by atoms with Gasteiger partial charge < -0.3 is 19.6 Å². The van der Waals surface area contributed by atoms with Crippen molar-refractivity contribution in [2.45, 2.75) is 12.5 Å². The van der Waals surface area contributed by atoms with Crippen molar-refractivity contribution in [1.29, 1.82) is 0 Å². The molecule has 1 atom stereocenters. The third kappa shape index (κ3) is 4.91. The minimum absolute atomic E-state index is 0.00151. The van der Waals surface area contributed by atoms with Gasteiger partial charge >= 0.3 is 0 Å². The molecule has 0 radical (unpaired) electrons. The van der Waals surface area contributed by atoms with Crippen molar-refractivity contribution in [3.8, 4) is 0 Å². The van der Waals surface area contributed by atoms with E-state index in [9.17, 15) is 14.7 Å². The van der Waals surface area contributed by atoms with E-state index in [1.54, 1.807) is 48.5 Å². The molecule has 1 amide bonds. The van der Waals surface area contributed by atoms with E-state index >= 15 is 0 Å². The van der Waals surface area contributed by atoms with Crippen molar-refractivity contribution in [3.63, 3.8) is 0 Å². The highest BCUT2D eigenvalue weighted by Crippen LogP contribution is 2.39. The topological polar surface area (TPSA) is 74.1 Å². The lowest BCUT2D eigenvalue weighted by atomic mass is 9.95. The molecule has 6 nitrogen and oxygen atoms in total. The van der Waals surface area contributed by atoms with Crippen molar-refractivity contribution in [3.05, 3.63) is 74.7 Å². The summed E-state index contributed by atoms with van der Waals surface area (Å²) in [5.41, 5.74) is 1.08. The number of benzene rings is 2. The molecule has 2 aromatic rings. The number of morpholine rings is 1. The summed E-state index contributed by atoms with van der Waals surface area (Å²) in [6.45, 7) is 4.64. The number of halogens is 2. The number of Topliss-reactive ketones (excluding diaryl/α,β-unsaturated/α-hetero) is 1. The van der Waals surface area contributed by atoms with Gasteiger partial charge in [-0.3, -0.25) is 9.59 Å². The Kier molecular flexibility index (Phi) is 7.30. The molecule has 1 unspecified atom stereocenters. The summed E-state index contributed by atoms with van der Waals surface area (Å²) in [5, 5.41) is 13.9. The molecule has 2 aromatic carbocycles. The predicted octanol–water partition coefficient (Wildman–Crippen LogP) is 1.63. The first-order valence-corrected chi connectivity index (χ1v) is 11.8. The first-order chi connectivity index (χ1) is 15.5. The second kappa shape index (κ2) is 10.2. The average molecular weight is 520 g/mol. The lowest BCUT2D eigenvalue weighted by Gasteiger charge is -2.29. The number of nitrogens with one attached hydrogen (secondary N) is 1. The third-order valence-corrected chi connectivity index (χ3v) is 6.73. The van der Waals surface area contributed by atoms with E-state index in [1.807, 2.05) is 0 Å². The SMILES string of the molecule is O=C1C(=O)N(CCC[NH+]2CCOCC2)C(c2ccc(Cl)cc2)C1=C([O-])c1ccc(Br)cc1. The van der Waals surface area contributed by atoms with Crippen LogP contribution in [-0.4, -0.2) is 56.0 Å². The molecule has 2 aliphatic rings. The van der Waals surface area contributed by atoms with Crippen molar-refractivity contribution >= 4 is 45.0 Å². The maximum Gasteiger partial charge on any atom is 0.295 e. The fourth-order valence-corrected chi connectivity index (χ4v) is 4.65. The Morgan fingerprint density at radius 1 is 1.09 bits per heavy atom. The second-order valence-electron chi connectivity index (χ2n) is 8.00.